The van der Waals surface area contributed by atoms with Crippen molar-refractivity contribution in [1.82, 2.24) is 10.3 Å². The van der Waals surface area contributed by atoms with E-state index in [2.05, 4.69) is 26.8 Å². The van der Waals surface area contributed by atoms with E-state index < -0.39 is 41.3 Å². The van der Waals surface area contributed by atoms with E-state index in [0.717, 1.165) is 37.3 Å². The predicted molar refractivity (Wildman–Crippen MR) is 142 cm³/mol. The number of alkyl halides is 3. The van der Waals surface area contributed by atoms with E-state index in [9.17, 15) is 27.2 Å². The lowest BCUT2D eigenvalue weighted by Crippen LogP contribution is -2.48. The minimum absolute atomic E-state index is 0.0387. The van der Waals surface area contributed by atoms with Crippen molar-refractivity contribution < 1.29 is 36.7 Å². The maximum absolute atomic E-state index is 13.8. The van der Waals surface area contributed by atoms with Gasteiger partial charge in [-0.05, 0) is 61.8 Å². The summed E-state index contributed by atoms with van der Waals surface area (Å²) in [5, 5.41) is 9.81. The number of carbonyl (C=O) groups is 2. The summed E-state index contributed by atoms with van der Waals surface area (Å²) < 4.78 is 59.2. The molecule has 3 saturated carbocycles. The summed E-state index contributed by atoms with van der Waals surface area (Å²) in [5.74, 6) is -2.82. The van der Waals surface area contributed by atoms with Crippen LogP contribution in [0.3, 0.4) is 0 Å². The van der Waals surface area contributed by atoms with Crippen LogP contribution in [0.2, 0.25) is 0 Å². The first-order valence-corrected chi connectivity index (χ1v) is 14.1. The molecular weight excluding hydrogens is 556 g/mol. The topological polar surface area (TPSA) is 102 Å². The Kier molecular flexibility index (Phi) is 6.56. The van der Waals surface area contributed by atoms with E-state index in [-0.39, 0.29) is 29.5 Å². The molecule has 2 aliphatic heterocycles. The van der Waals surface area contributed by atoms with Crippen molar-refractivity contribution in [2.24, 2.45) is 34.7 Å². The van der Waals surface area contributed by atoms with Gasteiger partial charge in [0.25, 0.3) is 5.91 Å². The second-order valence-electron chi connectivity index (χ2n) is 11.7. The third kappa shape index (κ3) is 4.85. The van der Waals surface area contributed by atoms with Gasteiger partial charge in [0.15, 0.2) is 6.10 Å². The van der Waals surface area contributed by atoms with E-state index in [1.807, 2.05) is 0 Å². The standard InChI is InChI=1S/C30H28F4N4O4/c31-23-6-3-17(9-22(23)30(32,33)34)36-29(40)25-18-4-5-19(20(18)7-14-1-2-14)27(25)37-28(39)16-8-15(10-35-11-16)26-21-12-41-13-24(21)42-38-26/h3,6-11,14,18-19,21,24-25,27H,1-2,4-5,12-13H2,(H,36,40)(H,37,39)/b20-7-/t18-,19+,21?,24?,25-,27+/m0/s1. The Morgan fingerprint density at radius 1 is 1.00 bits per heavy atom. The van der Waals surface area contributed by atoms with Gasteiger partial charge in [0.1, 0.15) is 5.82 Å². The molecule has 2 bridgehead atoms. The van der Waals surface area contributed by atoms with Crippen LogP contribution >= 0.6 is 0 Å². The SMILES string of the molecule is O=C(N[C@H]1[C@@H](C(=O)Nc2ccc(F)c(C(F)(F)F)c2)[C@H]2CC[C@@H]1/C2=C\C1CC1)c1cncc(C2=NOC3COCC23)c1. The first-order chi connectivity index (χ1) is 20.2. The van der Waals surface area contributed by atoms with Gasteiger partial charge in [-0.3, -0.25) is 14.6 Å². The van der Waals surface area contributed by atoms with Crippen molar-refractivity contribution in [3.63, 3.8) is 0 Å². The molecule has 42 heavy (non-hydrogen) atoms. The molecule has 3 heterocycles. The smallest absolute Gasteiger partial charge is 0.389 e. The Bertz CT molecular complexity index is 1500. The lowest BCUT2D eigenvalue weighted by atomic mass is 9.83. The number of anilines is 1. The summed E-state index contributed by atoms with van der Waals surface area (Å²) in [5.41, 5.74) is 1.14. The van der Waals surface area contributed by atoms with Gasteiger partial charge in [-0.1, -0.05) is 16.8 Å². The number of nitrogens with one attached hydrogen (secondary N) is 2. The van der Waals surface area contributed by atoms with Crippen molar-refractivity contribution in [2.75, 3.05) is 18.5 Å². The van der Waals surface area contributed by atoms with Crippen molar-refractivity contribution in [3.05, 3.63) is 70.8 Å². The van der Waals surface area contributed by atoms with Gasteiger partial charge in [0, 0.05) is 35.6 Å². The maximum Gasteiger partial charge on any atom is 0.419 e. The van der Waals surface area contributed by atoms with E-state index in [1.165, 1.54) is 6.20 Å². The highest BCUT2D eigenvalue weighted by molar-refractivity contribution is 6.05. The number of oxime groups is 1. The maximum atomic E-state index is 13.8. The van der Waals surface area contributed by atoms with Crippen LogP contribution < -0.4 is 10.6 Å². The number of aromatic nitrogens is 1. The zero-order chi connectivity index (χ0) is 29.2. The molecule has 12 heteroatoms. The molecule has 1 aromatic heterocycles. The highest BCUT2D eigenvalue weighted by Crippen LogP contribution is 2.54. The lowest BCUT2D eigenvalue weighted by molar-refractivity contribution is -0.140. The number of hydrogen-bond donors (Lipinski definition) is 2. The minimum Gasteiger partial charge on any atom is -0.389 e. The highest BCUT2D eigenvalue weighted by Gasteiger charge is 2.55. The molecule has 8 nitrogen and oxygen atoms in total. The molecule has 3 aliphatic carbocycles. The summed E-state index contributed by atoms with van der Waals surface area (Å²) in [6, 6.07) is 3.52. The third-order valence-corrected chi connectivity index (χ3v) is 9.05. The highest BCUT2D eigenvalue weighted by atomic mass is 19.4. The molecule has 0 radical (unpaired) electrons. The third-order valence-electron chi connectivity index (χ3n) is 9.05. The van der Waals surface area contributed by atoms with Gasteiger partial charge >= 0.3 is 6.18 Å². The van der Waals surface area contributed by atoms with Crippen molar-refractivity contribution in [1.29, 1.82) is 0 Å². The number of benzene rings is 1. The first-order valence-electron chi connectivity index (χ1n) is 14.1. The summed E-state index contributed by atoms with van der Waals surface area (Å²) in [4.78, 5) is 36.9. The van der Waals surface area contributed by atoms with Gasteiger partial charge in [-0.15, -0.1) is 0 Å². The van der Waals surface area contributed by atoms with Gasteiger partial charge in [0.2, 0.25) is 5.91 Å². The molecular formula is C30H28F4N4O4. The summed E-state index contributed by atoms with van der Waals surface area (Å²) >= 11 is 0. The van der Waals surface area contributed by atoms with Crippen molar-refractivity contribution in [3.8, 4) is 0 Å². The van der Waals surface area contributed by atoms with Gasteiger partial charge in [-0.2, -0.15) is 13.2 Å². The molecule has 2 amide bonds. The Morgan fingerprint density at radius 3 is 2.60 bits per heavy atom. The van der Waals surface area contributed by atoms with Crippen LogP contribution in [0.4, 0.5) is 23.2 Å². The summed E-state index contributed by atoms with van der Waals surface area (Å²) in [7, 11) is 0. The van der Waals surface area contributed by atoms with Crippen LogP contribution in [0.25, 0.3) is 0 Å². The molecule has 2 aromatic rings. The molecule has 220 valence electrons. The number of allylic oxidation sites excluding steroid dienone is 1. The van der Waals surface area contributed by atoms with Crippen molar-refractivity contribution in [2.45, 2.75) is 44.0 Å². The first kappa shape index (κ1) is 27.1. The van der Waals surface area contributed by atoms with Crippen LogP contribution in [0.1, 0.15) is 47.2 Å². The number of pyridine rings is 1. The Hall–Kier alpha value is -3.80. The predicted octanol–water partition coefficient (Wildman–Crippen LogP) is 4.72. The quantitative estimate of drug-likeness (QED) is 0.378. The van der Waals surface area contributed by atoms with E-state index in [0.29, 0.717) is 48.1 Å². The number of rotatable bonds is 6. The van der Waals surface area contributed by atoms with Crippen LogP contribution in [0.15, 0.2) is 53.5 Å². The minimum atomic E-state index is -4.90. The number of nitrogens with zero attached hydrogens (tertiary/aromatic N) is 2. The van der Waals surface area contributed by atoms with Gasteiger partial charge in [0.05, 0.1) is 41.9 Å². The normalized spacial score (nSPS) is 30.7. The van der Waals surface area contributed by atoms with Gasteiger partial charge in [-0.25, -0.2) is 4.39 Å². The fourth-order valence-electron chi connectivity index (χ4n) is 6.90. The molecule has 4 fully saturated rings. The number of fused-ring (bicyclic) bond motifs is 3. The average Bonchev–Trinajstić information content (AvgIpc) is 3.23. The van der Waals surface area contributed by atoms with E-state index in [4.69, 9.17) is 9.57 Å². The number of ether oxygens (including phenoxy) is 1. The summed E-state index contributed by atoms with van der Waals surface area (Å²) in [6.45, 7) is 0.918. The van der Waals surface area contributed by atoms with Crippen molar-refractivity contribution >= 4 is 23.2 Å². The van der Waals surface area contributed by atoms with Crippen LogP contribution in [-0.4, -0.2) is 47.9 Å². The van der Waals surface area contributed by atoms with E-state index in [1.54, 1.807) is 12.3 Å². The zero-order valence-electron chi connectivity index (χ0n) is 22.4. The fourth-order valence-corrected chi connectivity index (χ4v) is 6.90. The lowest BCUT2D eigenvalue weighted by Gasteiger charge is -2.30. The number of carbonyl (C=O) groups excluding carboxylic acids is 2. The van der Waals surface area contributed by atoms with Gasteiger partial charge < -0.3 is 20.2 Å². The molecule has 0 spiro atoms. The molecule has 1 saturated heterocycles. The molecule has 7 rings (SSSR count). The molecule has 6 atom stereocenters. The fraction of sp³-hybridized carbons (Fsp3) is 0.467. The Balaban J connectivity index is 1.14. The zero-order valence-corrected chi connectivity index (χ0v) is 22.4. The number of hydrogen-bond acceptors (Lipinski definition) is 6. The Morgan fingerprint density at radius 2 is 1.81 bits per heavy atom. The second kappa shape index (κ2) is 10.2. The number of amides is 2. The molecule has 2 unspecified atom stereocenters. The monoisotopic (exact) mass is 584 g/mol. The molecule has 1 aromatic carbocycles. The van der Waals surface area contributed by atoms with Crippen LogP contribution in [0.5, 0.6) is 0 Å². The largest absolute Gasteiger partial charge is 0.419 e. The van der Waals surface area contributed by atoms with Crippen LogP contribution in [-0.2, 0) is 20.5 Å². The molecule has 2 N–H and O–H groups in total. The Labute approximate surface area is 238 Å². The average molecular weight is 585 g/mol. The number of halogens is 4. The molecule has 5 aliphatic rings. The second-order valence-corrected chi connectivity index (χ2v) is 11.7. The van der Waals surface area contributed by atoms with Crippen LogP contribution in [0, 0.1) is 35.4 Å². The van der Waals surface area contributed by atoms with E-state index >= 15 is 0 Å². The summed E-state index contributed by atoms with van der Waals surface area (Å²) in [6.07, 6.45) is 3.90.